The number of methoxy groups -OCH3 is 2. The van der Waals surface area contributed by atoms with Crippen LogP contribution in [0.5, 0.6) is 5.75 Å². The number of rotatable bonds is 10. The predicted octanol–water partition coefficient (Wildman–Crippen LogP) is 2.80. The summed E-state index contributed by atoms with van der Waals surface area (Å²) in [6.45, 7) is 6.23. The first-order valence-corrected chi connectivity index (χ1v) is 10.7. The van der Waals surface area contributed by atoms with E-state index in [1.54, 1.807) is 26.4 Å². The summed E-state index contributed by atoms with van der Waals surface area (Å²) in [6.07, 6.45) is 4.54. The lowest BCUT2D eigenvalue weighted by molar-refractivity contribution is -0.0915. The number of benzene rings is 1. The molecule has 0 bridgehead atoms. The first kappa shape index (κ1) is 22.7. The van der Waals surface area contributed by atoms with Crippen LogP contribution in [0.3, 0.4) is 0 Å². The summed E-state index contributed by atoms with van der Waals surface area (Å²) in [7, 11) is 3.09. The molecule has 31 heavy (non-hydrogen) atoms. The van der Waals surface area contributed by atoms with Gasteiger partial charge in [-0.2, -0.15) is 4.98 Å². The van der Waals surface area contributed by atoms with Gasteiger partial charge in [-0.3, -0.25) is 4.79 Å². The highest BCUT2D eigenvalue weighted by Crippen LogP contribution is 2.23. The lowest BCUT2D eigenvalue weighted by Gasteiger charge is -2.19. The first-order valence-electron chi connectivity index (χ1n) is 9.50. The summed E-state index contributed by atoms with van der Waals surface area (Å²) >= 11 is 1.38. The van der Waals surface area contributed by atoms with Crippen LogP contribution >= 0.6 is 11.8 Å². The highest BCUT2D eigenvalue weighted by molar-refractivity contribution is 7.98. The van der Waals surface area contributed by atoms with Crippen molar-refractivity contribution in [3.05, 3.63) is 53.0 Å². The van der Waals surface area contributed by atoms with Gasteiger partial charge < -0.3 is 19.5 Å². The van der Waals surface area contributed by atoms with Crippen LogP contribution in [-0.4, -0.2) is 59.4 Å². The zero-order valence-electron chi connectivity index (χ0n) is 17.9. The molecule has 3 aromatic rings. The Labute approximate surface area is 184 Å². The molecule has 10 heteroatoms. The fourth-order valence-corrected chi connectivity index (χ4v) is 3.30. The second-order valence-corrected chi connectivity index (χ2v) is 7.27. The molecular formula is C21H25N5O4S. The molecule has 0 radical (unpaired) electrons. The quantitative estimate of drug-likeness (QED) is 0.219. The first-order chi connectivity index (χ1) is 15.0. The van der Waals surface area contributed by atoms with Crippen molar-refractivity contribution >= 4 is 28.7 Å². The zero-order valence-corrected chi connectivity index (χ0v) is 18.7. The maximum Gasteiger partial charge on any atom is 0.270 e. The number of thioether (sulfide) groups is 1. The molecule has 0 saturated heterocycles. The molecule has 2 heterocycles. The third-order valence-electron chi connectivity index (χ3n) is 4.52. The minimum absolute atomic E-state index is 0.283. The van der Waals surface area contributed by atoms with Crippen LogP contribution in [0.15, 0.2) is 47.0 Å². The lowest BCUT2D eigenvalue weighted by atomic mass is 10.2. The summed E-state index contributed by atoms with van der Waals surface area (Å²) in [5.41, 5.74) is 1.53. The van der Waals surface area contributed by atoms with Crippen LogP contribution in [0.4, 0.5) is 5.95 Å². The number of fused-ring (bicyclic) bond motifs is 1. The van der Waals surface area contributed by atoms with Crippen LogP contribution in [0.2, 0.25) is 0 Å². The summed E-state index contributed by atoms with van der Waals surface area (Å²) in [6, 6.07) is 5.47. The van der Waals surface area contributed by atoms with Gasteiger partial charge in [-0.15, -0.1) is 0 Å². The third kappa shape index (κ3) is 5.04. The molecule has 2 aromatic heterocycles. The van der Waals surface area contributed by atoms with Crippen molar-refractivity contribution in [1.29, 1.82) is 0 Å². The fraction of sp³-hybridized carbons (Fsp3) is 0.333. The molecule has 0 fully saturated rings. The number of anilines is 1. The van der Waals surface area contributed by atoms with Gasteiger partial charge in [0, 0.05) is 20.4 Å². The Hall–Kier alpha value is -2.95. The monoisotopic (exact) mass is 443 g/mol. The van der Waals surface area contributed by atoms with E-state index in [1.807, 2.05) is 25.3 Å². The molecule has 9 nitrogen and oxygen atoms in total. The van der Waals surface area contributed by atoms with E-state index in [0.29, 0.717) is 40.2 Å². The van der Waals surface area contributed by atoms with E-state index >= 15 is 0 Å². The normalized spacial score (nSPS) is 11.1. The van der Waals surface area contributed by atoms with E-state index in [-0.39, 0.29) is 12.1 Å². The summed E-state index contributed by atoms with van der Waals surface area (Å²) < 4.78 is 17.6. The van der Waals surface area contributed by atoms with Crippen molar-refractivity contribution in [1.82, 2.24) is 19.5 Å². The molecule has 0 saturated carbocycles. The van der Waals surface area contributed by atoms with Crippen LogP contribution < -0.4 is 15.6 Å². The molecule has 1 N–H and O–H groups in total. The number of hydrogen-bond donors (Lipinski definition) is 1. The highest BCUT2D eigenvalue weighted by atomic mass is 32.2. The van der Waals surface area contributed by atoms with Crippen LogP contribution in [0.25, 0.3) is 16.7 Å². The van der Waals surface area contributed by atoms with E-state index < -0.39 is 6.29 Å². The van der Waals surface area contributed by atoms with Gasteiger partial charge in [-0.25, -0.2) is 14.5 Å². The molecule has 0 aliphatic heterocycles. The second-order valence-electron chi connectivity index (χ2n) is 6.50. The molecule has 0 atom stereocenters. The van der Waals surface area contributed by atoms with Crippen LogP contribution in [0.1, 0.15) is 5.56 Å². The molecule has 1 aromatic carbocycles. The molecule has 0 aliphatic carbocycles. The Morgan fingerprint density at radius 1 is 1.29 bits per heavy atom. The Morgan fingerprint density at radius 2 is 2.06 bits per heavy atom. The molecule has 0 aliphatic rings. The second kappa shape index (κ2) is 10.4. The zero-order chi connectivity index (χ0) is 22.4. The molecule has 164 valence electrons. The van der Waals surface area contributed by atoms with Gasteiger partial charge in [0.1, 0.15) is 17.7 Å². The minimum atomic E-state index is -0.510. The van der Waals surface area contributed by atoms with Crippen molar-refractivity contribution in [3.63, 3.8) is 0 Å². The minimum Gasteiger partial charge on any atom is -0.490 e. The van der Waals surface area contributed by atoms with Gasteiger partial charge in [-0.1, -0.05) is 24.4 Å². The van der Waals surface area contributed by atoms with Crippen molar-refractivity contribution in [2.75, 3.05) is 38.9 Å². The highest BCUT2D eigenvalue weighted by Gasteiger charge is 2.17. The SMILES string of the molecule is C=CCOc1ccc(-n2c(NCC(OC)OC)nc3nc(SC)ncc3c2=O)c(C)c1. The number of aromatic nitrogens is 4. The van der Waals surface area contributed by atoms with Gasteiger partial charge >= 0.3 is 0 Å². The van der Waals surface area contributed by atoms with Gasteiger partial charge in [0.2, 0.25) is 5.95 Å². The number of ether oxygens (including phenoxy) is 3. The number of hydrogen-bond acceptors (Lipinski definition) is 9. The van der Waals surface area contributed by atoms with Gasteiger partial charge in [0.15, 0.2) is 17.1 Å². The standard InChI is InChI=1S/C21H25N5O4S/c1-6-9-30-14-7-8-16(13(2)10-14)26-19(27)15-11-23-21(31-5)25-18(15)24-20(26)22-12-17(28-3)29-4/h6-8,10-11,17H,1,9,12H2,2-5H3,(H,22,23,24,25). The fourth-order valence-electron chi connectivity index (χ4n) is 2.96. The van der Waals surface area contributed by atoms with E-state index in [1.165, 1.54) is 22.5 Å². The summed E-state index contributed by atoms with van der Waals surface area (Å²) in [5.74, 6) is 1.01. The van der Waals surface area contributed by atoms with Gasteiger partial charge in [0.25, 0.3) is 5.56 Å². The predicted molar refractivity (Wildman–Crippen MR) is 121 cm³/mol. The number of aryl methyl sites for hydroxylation is 1. The van der Waals surface area contributed by atoms with Gasteiger partial charge in [0.05, 0.1) is 12.2 Å². The maximum absolute atomic E-state index is 13.4. The average Bonchev–Trinajstić information content (AvgIpc) is 2.78. The molecular weight excluding hydrogens is 418 g/mol. The van der Waals surface area contributed by atoms with Crippen molar-refractivity contribution in [2.24, 2.45) is 0 Å². The van der Waals surface area contributed by atoms with E-state index in [0.717, 1.165) is 5.56 Å². The Bertz CT molecular complexity index is 1130. The number of nitrogens with one attached hydrogen (secondary N) is 1. The van der Waals surface area contributed by atoms with E-state index in [9.17, 15) is 4.79 Å². The lowest BCUT2D eigenvalue weighted by Crippen LogP contribution is -2.29. The Morgan fingerprint density at radius 3 is 2.71 bits per heavy atom. The largest absolute Gasteiger partial charge is 0.490 e. The van der Waals surface area contributed by atoms with Crippen molar-refractivity contribution < 1.29 is 14.2 Å². The average molecular weight is 444 g/mol. The molecule has 0 spiro atoms. The van der Waals surface area contributed by atoms with Crippen LogP contribution in [-0.2, 0) is 9.47 Å². The van der Waals surface area contributed by atoms with E-state index in [2.05, 4.69) is 26.8 Å². The summed E-state index contributed by atoms with van der Waals surface area (Å²) in [5, 5.41) is 4.01. The summed E-state index contributed by atoms with van der Waals surface area (Å²) in [4.78, 5) is 26.7. The van der Waals surface area contributed by atoms with Crippen molar-refractivity contribution in [3.8, 4) is 11.4 Å². The third-order valence-corrected chi connectivity index (χ3v) is 5.08. The Kier molecular flexibility index (Phi) is 7.61. The van der Waals surface area contributed by atoms with Crippen molar-refractivity contribution in [2.45, 2.75) is 18.4 Å². The number of nitrogens with zero attached hydrogens (tertiary/aromatic N) is 4. The topological polar surface area (TPSA) is 100 Å². The van der Waals surface area contributed by atoms with E-state index in [4.69, 9.17) is 14.2 Å². The molecule has 0 unspecified atom stereocenters. The smallest absolute Gasteiger partial charge is 0.270 e. The maximum atomic E-state index is 13.4. The molecule has 3 rings (SSSR count). The Balaban J connectivity index is 2.15. The van der Waals surface area contributed by atoms with Gasteiger partial charge in [-0.05, 0) is 36.9 Å². The molecule has 0 amide bonds. The van der Waals surface area contributed by atoms with Crippen LogP contribution in [0, 0.1) is 6.92 Å².